The smallest absolute Gasteiger partial charge is 0.312 e. The van der Waals surface area contributed by atoms with Gasteiger partial charge in [0.15, 0.2) is 0 Å². The van der Waals surface area contributed by atoms with Gasteiger partial charge in [-0.25, -0.2) is 0 Å². The van der Waals surface area contributed by atoms with Gasteiger partial charge in [-0.15, -0.1) is 0 Å². The number of hydrogen-bond donors (Lipinski definition) is 0. The van der Waals surface area contributed by atoms with Crippen molar-refractivity contribution in [3.63, 3.8) is 0 Å². The summed E-state index contributed by atoms with van der Waals surface area (Å²) < 4.78 is 5.76. The van der Waals surface area contributed by atoms with Gasteiger partial charge in [0.1, 0.15) is 6.10 Å². The Balaban J connectivity index is 1.28. The summed E-state index contributed by atoms with van der Waals surface area (Å²) >= 11 is 0. The molecule has 0 radical (unpaired) electrons. The summed E-state index contributed by atoms with van der Waals surface area (Å²) in [7, 11) is 0. The molecule has 0 N–H and O–H groups in total. The predicted octanol–water partition coefficient (Wildman–Crippen LogP) is 4.37. The third-order valence-corrected chi connectivity index (χ3v) is 7.08. The number of carbonyl (C=O) groups excluding carboxylic acids is 1. The minimum Gasteiger partial charge on any atom is -0.462 e. The van der Waals surface area contributed by atoms with Gasteiger partial charge < -0.3 is 9.64 Å². The fourth-order valence-electron chi connectivity index (χ4n) is 5.38. The number of esters is 1. The van der Waals surface area contributed by atoms with Crippen LogP contribution in [0.2, 0.25) is 0 Å². The minimum atomic E-state index is -0.111. The summed E-state index contributed by atoms with van der Waals surface area (Å²) in [5.41, 5.74) is 2.88. The van der Waals surface area contributed by atoms with Crippen LogP contribution in [0.1, 0.15) is 64.9 Å². The average molecular weight is 385 g/mol. The molecule has 1 aromatic rings. The SMILES string of the molecule is CC(C)(C)c1ccccc1N1CCN(CC[C@@H]2CC3(CCCC3)C(=O)O2)CC1. The van der Waals surface area contributed by atoms with Crippen LogP contribution in [0.5, 0.6) is 0 Å². The van der Waals surface area contributed by atoms with Gasteiger partial charge in [-0.2, -0.15) is 0 Å². The average Bonchev–Trinajstić information content (AvgIpc) is 3.27. The third kappa shape index (κ3) is 3.94. The van der Waals surface area contributed by atoms with Crippen molar-refractivity contribution < 1.29 is 9.53 Å². The van der Waals surface area contributed by atoms with Crippen LogP contribution >= 0.6 is 0 Å². The van der Waals surface area contributed by atoms with Crippen molar-refractivity contribution in [2.24, 2.45) is 5.41 Å². The van der Waals surface area contributed by atoms with Crippen molar-refractivity contribution in [2.75, 3.05) is 37.6 Å². The van der Waals surface area contributed by atoms with Crippen LogP contribution in [0.4, 0.5) is 5.69 Å². The summed E-state index contributed by atoms with van der Waals surface area (Å²) in [5.74, 6) is 0.0959. The van der Waals surface area contributed by atoms with Gasteiger partial charge in [0.05, 0.1) is 5.41 Å². The molecule has 4 rings (SSSR count). The van der Waals surface area contributed by atoms with Crippen LogP contribution in [0.3, 0.4) is 0 Å². The molecule has 1 atom stereocenters. The lowest BCUT2D eigenvalue weighted by Gasteiger charge is -2.38. The van der Waals surface area contributed by atoms with E-state index in [1.54, 1.807) is 0 Å². The molecule has 0 amide bonds. The molecule has 2 saturated heterocycles. The van der Waals surface area contributed by atoms with Crippen molar-refractivity contribution in [2.45, 2.75) is 70.8 Å². The highest BCUT2D eigenvalue weighted by Gasteiger charge is 2.50. The van der Waals surface area contributed by atoms with E-state index in [9.17, 15) is 4.79 Å². The Morgan fingerprint density at radius 1 is 1.07 bits per heavy atom. The van der Waals surface area contributed by atoms with Gasteiger partial charge in [-0.3, -0.25) is 9.69 Å². The van der Waals surface area contributed by atoms with E-state index in [0.717, 1.165) is 58.4 Å². The fourth-order valence-corrected chi connectivity index (χ4v) is 5.38. The molecule has 1 spiro atoms. The Morgan fingerprint density at radius 3 is 2.43 bits per heavy atom. The molecule has 1 saturated carbocycles. The van der Waals surface area contributed by atoms with E-state index in [1.165, 1.54) is 24.1 Å². The summed E-state index contributed by atoms with van der Waals surface area (Å²) in [6, 6.07) is 8.86. The number of nitrogens with zero attached hydrogens (tertiary/aromatic N) is 2. The summed E-state index contributed by atoms with van der Waals surface area (Å²) in [4.78, 5) is 17.4. The van der Waals surface area contributed by atoms with Gasteiger partial charge >= 0.3 is 5.97 Å². The van der Waals surface area contributed by atoms with Crippen molar-refractivity contribution in [1.29, 1.82) is 0 Å². The maximum absolute atomic E-state index is 12.3. The molecular weight excluding hydrogens is 348 g/mol. The summed E-state index contributed by atoms with van der Waals surface area (Å²) in [6.45, 7) is 12.2. The second kappa shape index (κ2) is 7.70. The lowest BCUT2D eigenvalue weighted by molar-refractivity contribution is -0.148. The van der Waals surface area contributed by atoms with Gasteiger partial charge in [0.2, 0.25) is 0 Å². The lowest BCUT2D eigenvalue weighted by Crippen LogP contribution is -2.47. The van der Waals surface area contributed by atoms with Crippen LogP contribution < -0.4 is 4.90 Å². The number of anilines is 1. The number of rotatable bonds is 4. The molecule has 28 heavy (non-hydrogen) atoms. The number of carbonyl (C=O) groups is 1. The minimum absolute atomic E-state index is 0.0959. The zero-order valence-corrected chi connectivity index (χ0v) is 17.9. The van der Waals surface area contributed by atoms with E-state index in [2.05, 4.69) is 54.8 Å². The second-order valence-corrected chi connectivity index (χ2v) is 10.1. The van der Waals surface area contributed by atoms with Gasteiger partial charge in [0.25, 0.3) is 0 Å². The summed E-state index contributed by atoms with van der Waals surface area (Å²) in [5, 5.41) is 0. The number of para-hydroxylation sites is 1. The second-order valence-electron chi connectivity index (χ2n) is 10.1. The number of hydrogen-bond acceptors (Lipinski definition) is 4. The Hall–Kier alpha value is -1.55. The molecular formula is C24H36N2O2. The molecule has 154 valence electrons. The first-order chi connectivity index (χ1) is 13.4. The fraction of sp³-hybridized carbons (Fsp3) is 0.708. The third-order valence-electron chi connectivity index (χ3n) is 7.08. The molecule has 0 bridgehead atoms. The van der Waals surface area contributed by atoms with Gasteiger partial charge in [-0.1, -0.05) is 51.8 Å². The standard InChI is InChI=1S/C24H36N2O2/c1-23(2,3)20-8-4-5-9-21(20)26-16-14-25(15-17-26)13-10-19-18-24(22(27)28-19)11-6-7-12-24/h4-5,8-9,19H,6-7,10-18H2,1-3H3/t19-/m1/s1. The molecule has 2 heterocycles. The predicted molar refractivity (Wildman–Crippen MR) is 114 cm³/mol. The maximum atomic E-state index is 12.3. The van der Waals surface area contributed by atoms with E-state index in [-0.39, 0.29) is 22.9 Å². The Bertz CT molecular complexity index is 695. The largest absolute Gasteiger partial charge is 0.462 e. The van der Waals surface area contributed by atoms with E-state index in [0.29, 0.717) is 0 Å². The number of piperazine rings is 1. The number of ether oxygens (including phenoxy) is 1. The van der Waals surface area contributed by atoms with Gasteiger partial charge in [0, 0.05) is 44.8 Å². The van der Waals surface area contributed by atoms with Crippen LogP contribution in [-0.2, 0) is 14.9 Å². The van der Waals surface area contributed by atoms with Crippen molar-refractivity contribution in [3.8, 4) is 0 Å². The maximum Gasteiger partial charge on any atom is 0.312 e. The highest BCUT2D eigenvalue weighted by molar-refractivity contribution is 5.79. The molecule has 3 aliphatic rings. The van der Waals surface area contributed by atoms with Crippen LogP contribution in [0, 0.1) is 5.41 Å². The Labute approximate surface area is 170 Å². The van der Waals surface area contributed by atoms with Gasteiger partial charge in [-0.05, 0) is 36.3 Å². The van der Waals surface area contributed by atoms with E-state index >= 15 is 0 Å². The van der Waals surface area contributed by atoms with E-state index < -0.39 is 0 Å². The molecule has 1 aromatic carbocycles. The van der Waals surface area contributed by atoms with Crippen molar-refractivity contribution in [1.82, 2.24) is 4.90 Å². The Kier molecular flexibility index (Phi) is 5.43. The molecule has 0 aromatic heterocycles. The highest BCUT2D eigenvalue weighted by atomic mass is 16.6. The Morgan fingerprint density at radius 2 is 1.75 bits per heavy atom. The normalized spacial score (nSPS) is 25.5. The molecule has 4 heteroatoms. The lowest BCUT2D eigenvalue weighted by atomic mass is 9.83. The van der Waals surface area contributed by atoms with E-state index in [4.69, 9.17) is 4.74 Å². The molecule has 0 unspecified atom stereocenters. The quantitative estimate of drug-likeness (QED) is 0.722. The number of benzene rings is 1. The van der Waals surface area contributed by atoms with Crippen LogP contribution in [0.25, 0.3) is 0 Å². The van der Waals surface area contributed by atoms with Crippen LogP contribution in [-0.4, -0.2) is 49.7 Å². The molecule has 1 aliphatic carbocycles. The molecule has 2 aliphatic heterocycles. The molecule has 3 fully saturated rings. The van der Waals surface area contributed by atoms with Crippen molar-refractivity contribution in [3.05, 3.63) is 29.8 Å². The highest BCUT2D eigenvalue weighted by Crippen LogP contribution is 2.48. The monoisotopic (exact) mass is 384 g/mol. The summed E-state index contributed by atoms with van der Waals surface area (Å²) in [6.07, 6.45) is 6.59. The van der Waals surface area contributed by atoms with Crippen molar-refractivity contribution >= 4 is 11.7 Å². The number of cyclic esters (lactones) is 1. The first-order valence-electron chi connectivity index (χ1n) is 11.2. The zero-order chi connectivity index (χ0) is 19.8. The molecule has 4 nitrogen and oxygen atoms in total. The van der Waals surface area contributed by atoms with Crippen LogP contribution in [0.15, 0.2) is 24.3 Å². The van der Waals surface area contributed by atoms with E-state index in [1.807, 2.05) is 0 Å². The zero-order valence-electron chi connectivity index (χ0n) is 17.9. The topological polar surface area (TPSA) is 32.8 Å². The first-order valence-corrected chi connectivity index (χ1v) is 11.2. The first kappa shape index (κ1) is 19.8.